The first-order valence-corrected chi connectivity index (χ1v) is 10.9. The highest BCUT2D eigenvalue weighted by molar-refractivity contribution is 7.92. The van der Waals surface area contributed by atoms with Gasteiger partial charge in [0, 0.05) is 5.69 Å². The van der Waals surface area contributed by atoms with Gasteiger partial charge in [-0.25, -0.2) is 8.42 Å². The van der Waals surface area contributed by atoms with Gasteiger partial charge in [0.25, 0.3) is 10.0 Å². The summed E-state index contributed by atoms with van der Waals surface area (Å²) in [6, 6.07) is 9.95. The molecule has 0 aliphatic heterocycles. The van der Waals surface area contributed by atoms with Gasteiger partial charge in [0.05, 0.1) is 18.1 Å². The van der Waals surface area contributed by atoms with Gasteiger partial charge in [-0.1, -0.05) is 6.42 Å². The fraction of sp³-hybridized carbons (Fsp3) is 0.429. The van der Waals surface area contributed by atoms with E-state index in [0.29, 0.717) is 22.7 Å². The Morgan fingerprint density at radius 3 is 2.32 bits per heavy atom. The minimum Gasteiger partial charge on any atom is -0.496 e. The van der Waals surface area contributed by atoms with Gasteiger partial charge in [-0.15, -0.1) is 0 Å². The van der Waals surface area contributed by atoms with Crippen LogP contribution in [-0.4, -0.2) is 32.8 Å². The summed E-state index contributed by atoms with van der Waals surface area (Å²) in [5, 5.41) is 10.0. The molecular weight excluding hydrogens is 378 g/mol. The number of ether oxygens (including phenoxy) is 2. The Hall–Kier alpha value is -2.25. The predicted octanol–water partition coefficient (Wildman–Crippen LogP) is 3.80. The highest BCUT2D eigenvalue weighted by Crippen LogP contribution is 2.29. The topological polar surface area (TPSA) is 84.9 Å². The molecule has 28 heavy (non-hydrogen) atoms. The van der Waals surface area contributed by atoms with Crippen LogP contribution in [-0.2, 0) is 10.0 Å². The molecule has 1 aliphatic carbocycles. The fourth-order valence-electron chi connectivity index (χ4n) is 3.48. The summed E-state index contributed by atoms with van der Waals surface area (Å²) in [5.74, 6) is 1.27. The number of aliphatic hydroxyl groups is 1. The number of benzene rings is 2. The normalized spacial score (nSPS) is 19.9. The number of aliphatic hydroxyl groups excluding tert-OH is 1. The average Bonchev–Trinajstić information content (AvgIpc) is 2.67. The zero-order valence-electron chi connectivity index (χ0n) is 16.4. The summed E-state index contributed by atoms with van der Waals surface area (Å²) in [5.41, 5.74) is 1.89. The molecule has 0 bridgehead atoms. The van der Waals surface area contributed by atoms with Crippen molar-refractivity contribution in [3.8, 4) is 11.5 Å². The molecule has 0 unspecified atom stereocenters. The van der Waals surface area contributed by atoms with E-state index in [1.165, 1.54) is 0 Å². The number of methoxy groups -OCH3 is 1. The predicted molar refractivity (Wildman–Crippen MR) is 109 cm³/mol. The summed E-state index contributed by atoms with van der Waals surface area (Å²) in [7, 11) is -2.17. The van der Waals surface area contributed by atoms with Gasteiger partial charge in [0.2, 0.25) is 0 Å². The van der Waals surface area contributed by atoms with Crippen LogP contribution in [0.25, 0.3) is 0 Å². The van der Waals surface area contributed by atoms with Crippen LogP contribution in [0, 0.1) is 13.8 Å². The van der Waals surface area contributed by atoms with Crippen molar-refractivity contribution in [2.75, 3.05) is 11.8 Å². The van der Waals surface area contributed by atoms with E-state index in [4.69, 9.17) is 9.47 Å². The van der Waals surface area contributed by atoms with Gasteiger partial charge in [0.15, 0.2) is 0 Å². The van der Waals surface area contributed by atoms with Crippen LogP contribution in [0.4, 0.5) is 5.69 Å². The van der Waals surface area contributed by atoms with E-state index in [2.05, 4.69) is 4.72 Å². The third-order valence-electron chi connectivity index (χ3n) is 5.26. The van der Waals surface area contributed by atoms with Crippen LogP contribution >= 0.6 is 0 Å². The van der Waals surface area contributed by atoms with Crippen LogP contribution in [0.1, 0.15) is 36.8 Å². The Morgan fingerprint density at radius 2 is 1.68 bits per heavy atom. The molecule has 2 atom stereocenters. The van der Waals surface area contributed by atoms with E-state index >= 15 is 0 Å². The molecule has 2 aromatic carbocycles. The van der Waals surface area contributed by atoms with Crippen LogP contribution in [0.15, 0.2) is 41.3 Å². The highest BCUT2D eigenvalue weighted by atomic mass is 32.2. The molecule has 3 rings (SSSR count). The first kappa shape index (κ1) is 20.5. The van der Waals surface area contributed by atoms with Gasteiger partial charge in [-0.2, -0.15) is 0 Å². The van der Waals surface area contributed by atoms with E-state index in [-0.39, 0.29) is 11.0 Å². The van der Waals surface area contributed by atoms with Crippen LogP contribution in [0.5, 0.6) is 11.5 Å². The maximum absolute atomic E-state index is 12.8. The number of hydrogen-bond donors (Lipinski definition) is 2. The molecular formula is C21H27NO5S. The SMILES string of the molecule is COc1ccc(S(=O)(=O)Nc2ccc(O[C@@H]3CCCC[C@@H]3O)cc2)c(C)c1C. The zero-order valence-corrected chi connectivity index (χ0v) is 17.3. The van der Waals surface area contributed by atoms with Crippen molar-refractivity contribution in [2.45, 2.75) is 56.6 Å². The highest BCUT2D eigenvalue weighted by Gasteiger charge is 2.25. The number of anilines is 1. The summed E-state index contributed by atoms with van der Waals surface area (Å²) < 4.78 is 39.3. The number of nitrogens with one attached hydrogen (secondary N) is 1. The van der Waals surface area contributed by atoms with Crippen molar-refractivity contribution in [1.82, 2.24) is 0 Å². The third kappa shape index (κ3) is 4.42. The van der Waals surface area contributed by atoms with Crippen LogP contribution in [0.3, 0.4) is 0 Å². The van der Waals surface area contributed by atoms with Crippen molar-refractivity contribution in [2.24, 2.45) is 0 Å². The Labute approximate surface area is 166 Å². The van der Waals surface area contributed by atoms with Crippen molar-refractivity contribution >= 4 is 15.7 Å². The van der Waals surface area contributed by atoms with E-state index in [0.717, 1.165) is 31.2 Å². The minimum atomic E-state index is -3.73. The molecule has 0 aromatic heterocycles. The number of rotatable bonds is 6. The maximum atomic E-state index is 12.8. The lowest BCUT2D eigenvalue weighted by atomic mass is 9.95. The molecule has 152 valence electrons. The number of hydrogen-bond acceptors (Lipinski definition) is 5. The molecule has 0 radical (unpaired) electrons. The molecule has 0 spiro atoms. The molecule has 0 amide bonds. The third-order valence-corrected chi connectivity index (χ3v) is 6.78. The minimum absolute atomic E-state index is 0.207. The summed E-state index contributed by atoms with van der Waals surface area (Å²) >= 11 is 0. The molecule has 0 heterocycles. The van der Waals surface area contributed by atoms with E-state index < -0.39 is 16.1 Å². The van der Waals surface area contributed by atoms with E-state index in [1.54, 1.807) is 50.4 Å². The Morgan fingerprint density at radius 1 is 1.00 bits per heavy atom. The molecule has 1 saturated carbocycles. The molecule has 2 N–H and O–H groups in total. The fourth-order valence-corrected chi connectivity index (χ4v) is 4.84. The van der Waals surface area contributed by atoms with Crippen LogP contribution in [0.2, 0.25) is 0 Å². The molecule has 1 fully saturated rings. The lowest BCUT2D eigenvalue weighted by Gasteiger charge is -2.28. The molecule has 2 aromatic rings. The maximum Gasteiger partial charge on any atom is 0.262 e. The van der Waals surface area contributed by atoms with Crippen LogP contribution < -0.4 is 14.2 Å². The lowest BCUT2D eigenvalue weighted by molar-refractivity contribution is 0.00688. The second-order valence-corrected chi connectivity index (χ2v) is 8.80. The van der Waals surface area contributed by atoms with Gasteiger partial charge in [0.1, 0.15) is 17.6 Å². The second kappa shape index (κ2) is 8.41. The van der Waals surface area contributed by atoms with Crippen molar-refractivity contribution in [3.05, 3.63) is 47.5 Å². The van der Waals surface area contributed by atoms with E-state index in [9.17, 15) is 13.5 Å². The lowest BCUT2D eigenvalue weighted by Crippen LogP contribution is -2.34. The second-order valence-electron chi connectivity index (χ2n) is 7.15. The quantitative estimate of drug-likeness (QED) is 0.764. The smallest absolute Gasteiger partial charge is 0.262 e. The Kier molecular flexibility index (Phi) is 6.15. The van der Waals surface area contributed by atoms with Gasteiger partial charge >= 0.3 is 0 Å². The van der Waals surface area contributed by atoms with Crippen molar-refractivity contribution < 1.29 is 23.0 Å². The average molecular weight is 406 g/mol. The largest absolute Gasteiger partial charge is 0.496 e. The number of sulfonamides is 1. The standard InChI is InChI=1S/C21H27NO5S/c1-14-15(2)21(13-12-19(14)26-3)28(24,25)22-16-8-10-17(11-9-16)27-20-7-5-4-6-18(20)23/h8-13,18,20,22-23H,4-7H2,1-3H3/t18-,20+/m0/s1. The van der Waals surface area contributed by atoms with Crippen molar-refractivity contribution in [1.29, 1.82) is 0 Å². The summed E-state index contributed by atoms with van der Waals surface area (Å²) in [4.78, 5) is 0.219. The monoisotopic (exact) mass is 405 g/mol. The van der Waals surface area contributed by atoms with Gasteiger partial charge < -0.3 is 14.6 Å². The Bertz CT molecular complexity index is 925. The summed E-state index contributed by atoms with van der Waals surface area (Å²) in [6.07, 6.45) is 2.98. The molecule has 7 heteroatoms. The van der Waals surface area contributed by atoms with Crippen molar-refractivity contribution in [3.63, 3.8) is 0 Å². The molecule has 0 saturated heterocycles. The van der Waals surface area contributed by atoms with Gasteiger partial charge in [-0.3, -0.25) is 4.72 Å². The van der Waals surface area contributed by atoms with Gasteiger partial charge in [-0.05, 0) is 80.6 Å². The first-order chi connectivity index (χ1) is 13.3. The first-order valence-electron chi connectivity index (χ1n) is 9.43. The molecule has 6 nitrogen and oxygen atoms in total. The zero-order chi connectivity index (χ0) is 20.3. The van der Waals surface area contributed by atoms with E-state index in [1.807, 2.05) is 6.92 Å². The Balaban J connectivity index is 1.73. The summed E-state index contributed by atoms with van der Waals surface area (Å²) in [6.45, 7) is 3.60. The molecule has 1 aliphatic rings.